The van der Waals surface area contributed by atoms with E-state index in [1.165, 1.54) is 4.90 Å². The van der Waals surface area contributed by atoms with Crippen LogP contribution in [0.5, 0.6) is 0 Å². The fourth-order valence-corrected chi connectivity index (χ4v) is 8.43. The lowest BCUT2D eigenvalue weighted by atomic mass is 9.67. The van der Waals surface area contributed by atoms with Crippen molar-refractivity contribution in [3.05, 3.63) is 47.0 Å². The molecule has 5 atom stereocenters. The fourth-order valence-electron chi connectivity index (χ4n) is 8.43. The second-order valence-corrected chi connectivity index (χ2v) is 13.7. The monoisotopic (exact) mass is 657 g/mol. The first kappa shape index (κ1) is 32.0. The van der Waals surface area contributed by atoms with E-state index in [1.54, 1.807) is 0 Å². The van der Waals surface area contributed by atoms with Gasteiger partial charge in [-0.2, -0.15) is 36.1 Å². The van der Waals surface area contributed by atoms with Crippen molar-refractivity contribution in [2.24, 2.45) is 11.8 Å². The number of ether oxygens (including phenoxy) is 2. The maximum absolute atomic E-state index is 13.9. The van der Waals surface area contributed by atoms with Crippen LogP contribution in [-0.2, 0) is 31.6 Å². The van der Waals surface area contributed by atoms with Crippen LogP contribution in [0.3, 0.4) is 0 Å². The average Bonchev–Trinajstić information content (AvgIpc) is 3.35. The van der Waals surface area contributed by atoms with E-state index >= 15 is 0 Å². The summed E-state index contributed by atoms with van der Waals surface area (Å²) in [5.74, 6) is -1.02. The maximum Gasteiger partial charge on any atom is 0.416 e. The highest BCUT2D eigenvalue weighted by Crippen LogP contribution is 2.56. The highest BCUT2D eigenvalue weighted by Gasteiger charge is 2.61. The number of aliphatic hydroxyl groups is 1. The van der Waals surface area contributed by atoms with E-state index in [0.29, 0.717) is 50.2 Å². The van der Waals surface area contributed by atoms with E-state index in [9.17, 15) is 36.2 Å². The van der Waals surface area contributed by atoms with Crippen LogP contribution in [0.4, 0.5) is 31.1 Å². The number of likely N-dealkylation sites (tertiary alicyclic amines) is 1. The third-order valence-corrected chi connectivity index (χ3v) is 10.7. The van der Waals surface area contributed by atoms with E-state index in [0.717, 1.165) is 50.3 Å². The predicted molar refractivity (Wildman–Crippen MR) is 151 cm³/mol. The van der Waals surface area contributed by atoms with Gasteiger partial charge in [0.1, 0.15) is 12.2 Å². The number of carbonyl (C=O) groups excluding carboxylic acids is 1. The number of rotatable bonds is 3. The number of halogens is 6. The molecule has 6 aliphatic rings. The fraction of sp³-hybridized carbons (Fsp3) is 0.667. The van der Waals surface area contributed by atoms with Crippen LogP contribution in [0.2, 0.25) is 0 Å². The van der Waals surface area contributed by atoms with Crippen molar-refractivity contribution >= 4 is 16.9 Å². The molecule has 2 heterocycles. The van der Waals surface area contributed by atoms with E-state index < -0.39 is 59.4 Å². The number of nitrogens with zero attached hydrogens (tertiary/aromatic N) is 1. The number of carbonyl (C=O) groups is 1. The Morgan fingerprint density at radius 3 is 2.33 bits per heavy atom. The summed E-state index contributed by atoms with van der Waals surface area (Å²) in [5, 5.41) is 11.3. The Morgan fingerprint density at radius 1 is 0.891 bits per heavy atom. The minimum atomic E-state index is -4.87. The normalized spacial score (nSPS) is 34.0. The number of hydrogen-bond acceptors (Lipinski definition) is 6. The predicted octanol–water partition coefficient (Wildman–Crippen LogP) is 8.43. The Bertz CT molecular complexity index is 1470. The maximum atomic E-state index is 13.9. The molecule has 2 saturated heterocycles. The lowest BCUT2D eigenvalue weighted by molar-refractivity contribution is -0.374. The van der Waals surface area contributed by atoms with Crippen molar-refractivity contribution in [2.45, 2.75) is 119 Å². The van der Waals surface area contributed by atoms with Gasteiger partial charge in [-0.15, -0.1) is 0 Å². The molecule has 2 aliphatic heterocycles. The minimum Gasteiger partial charge on any atom is -0.446 e. The molecule has 1 N–H and O–H groups in total. The van der Waals surface area contributed by atoms with Crippen molar-refractivity contribution < 1.29 is 55.5 Å². The molecule has 7 nitrogen and oxygen atoms in total. The first-order valence-electron chi connectivity index (χ1n) is 16.2. The van der Waals surface area contributed by atoms with Crippen LogP contribution in [0.1, 0.15) is 99.8 Å². The van der Waals surface area contributed by atoms with Crippen molar-refractivity contribution in [3.8, 4) is 0 Å². The molecule has 2 spiro atoms. The Morgan fingerprint density at radius 2 is 1.63 bits per heavy atom. The molecule has 4 saturated carbocycles. The van der Waals surface area contributed by atoms with Gasteiger partial charge in [-0.25, -0.2) is 4.79 Å². The quantitative estimate of drug-likeness (QED) is 0.264. The second-order valence-electron chi connectivity index (χ2n) is 13.7. The van der Waals surface area contributed by atoms with Crippen molar-refractivity contribution in [1.82, 2.24) is 4.90 Å². The number of alkyl halides is 6. The van der Waals surface area contributed by atoms with Crippen LogP contribution in [0.25, 0.3) is 10.8 Å². The molecule has 5 unspecified atom stereocenters. The summed E-state index contributed by atoms with van der Waals surface area (Å²) in [6.07, 6.45) is -3.89. The largest absolute Gasteiger partial charge is 0.446 e. The van der Waals surface area contributed by atoms with Gasteiger partial charge in [-0.1, -0.05) is 6.07 Å². The SMILES string of the molecule is O=C(OC1CCCC2(C1)OOC1(CC3CCC1CC3)O2)N1CCCCC1C(O)c1cc(C(F)(F)F)cc2cc(C(F)(F)F)ccc12. The summed E-state index contributed by atoms with van der Waals surface area (Å²) >= 11 is 0. The molecule has 2 bridgehead atoms. The van der Waals surface area contributed by atoms with Crippen molar-refractivity contribution in [2.75, 3.05) is 6.54 Å². The number of piperidine rings is 1. The van der Waals surface area contributed by atoms with Gasteiger partial charge >= 0.3 is 18.4 Å². The Hall–Kier alpha value is -2.61. The van der Waals surface area contributed by atoms with Gasteiger partial charge in [0, 0.05) is 31.7 Å². The van der Waals surface area contributed by atoms with E-state index in [-0.39, 0.29) is 41.6 Å². The number of aliphatic hydroxyl groups excluding tert-OH is 1. The molecule has 2 aromatic carbocycles. The molecule has 8 rings (SSSR count). The zero-order chi connectivity index (χ0) is 32.5. The zero-order valence-corrected chi connectivity index (χ0v) is 25.2. The molecule has 4 aliphatic carbocycles. The molecule has 0 radical (unpaired) electrons. The van der Waals surface area contributed by atoms with Gasteiger partial charge in [0.15, 0.2) is 0 Å². The average molecular weight is 658 g/mol. The number of fused-ring (bicyclic) bond motifs is 3. The lowest BCUT2D eigenvalue weighted by Crippen LogP contribution is -2.51. The number of benzene rings is 2. The van der Waals surface area contributed by atoms with Crippen LogP contribution in [0, 0.1) is 11.8 Å². The van der Waals surface area contributed by atoms with E-state index in [1.807, 2.05) is 0 Å². The van der Waals surface area contributed by atoms with Crippen LogP contribution >= 0.6 is 0 Å². The summed E-state index contributed by atoms with van der Waals surface area (Å²) in [5.41, 5.74) is -2.49. The topological polar surface area (TPSA) is 77.5 Å². The third kappa shape index (κ3) is 5.85. The molecule has 46 heavy (non-hydrogen) atoms. The van der Waals surface area contributed by atoms with Gasteiger partial charge in [0.25, 0.3) is 0 Å². The Kier molecular flexibility index (Phi) is 8.01. The van der Waals surface area contributed by atoms with Crippen LogP contribution in [-0.4, -0.2) is 46.4 Å². The zero-order valence-electron chi connectivity index (χ0n) is 25.2. The van der Waals surface area contributed by atoms with E-state index in [2.05, 4.69) is 0 Å². The van der Waals surface area contributed by atoms with Gasteiger partial charge in [-0.3, -0.25) is 0 Å². The first-order valence-corrected chi connectivity index (χ1v) is 16.2. The van der Waals surface area contributed by atoms with Crippen LogP contribution in [0.15, 0.2) is 30.3 Å². The molecule has 13 heteroatoms. The summed E-state index contributed by atoms with van der Waals surface area (Å²) < 4.78 is 94.4. The summed E-state index contributed by atoms with van der Waals surface area (Å²) in [6, 6.07) is 2.94. The second kappa shape index (κ2) is 11.5. The minimum absolute atomic E-state index is 0.0440. The van der Waals surface area contributed by atoms with Gasteiger partial charge < -0.3 is 19.5 Å². The highest BCUT2D eigenvalue weighted by atomic mass is 19.4. The molecular weight excluding hydrogens is 620 g/mol. The molecule has 252 valence electrons. The highest BCUT2D eigenvalue weighted by molar-refractivity contribution is 5.88. The summed E-state index contributed by atoms with van der Waals surface area (Å²) in [4.78, 5) is 26.8. The molecular formula is C33H37F6NO6. The summed E-state index contributed by atoms with van der Waals surface area (Å²) in [6.45, 7) is 0.204. The smallest absolute Gasteiger partial charge is 0.416 e. The molecule has 6 fully saturated rings. The van der Waals surface area contributed by atoms with E-state index in [4.69, 9.17) is 19.2 Å². The molecule has 0 aromatic heterocycles. The van der Waals surface area contributed by atoms with Gasteiger partial charge in [0.2, 0.25) is 11.6 Å². The van der Waals surface area contributed by atoms with Crippen LogP contribution < -0.4 is 0 Å². The van der Waals surface area contributed by atoms with Crippen molar-refractivity contribution in [1.29, 1.82) is 0 Å². The Labute approximate surface area is 262 Å². The van der Waals surface area contributed by atoms with Crippen molar-refractivity contribution in [3.63, 3.8) is 0 Å². The summed E-state index contributed by atoms with van der Waals surface area (Å²) in [7, 11) is 0. The van der Waals surface area contributed by atoms with Gasteiger partial charge in [0.05, 0.1) is 17.2 Å². The third-order valence-electron chi connectivity index (χ3n) is 10.7. The molecule has 1 amide bonds. The standard InChI is InChI=1S/C33H37F6NO6/c34-32(35,36)22-10-11-25-20(14-22)15-23(33(37,38)39)16-26(25)28(41)27-5-1-2-13-40(27)29(42)43-24-4-3-12-30(18-24)44-31(46-45-30)17-19-6-8-21(31)9-7-19/h10-11,14-16,19,21,24,27-28,41H,1-9,12-13,17-18H2. The number of hydrogen-bond donors (Lipinski definition) is 1. The Balaban J connectivity index is 1.10. The van der Waals surface area contributed by atoms with Gasteiger partial charge in [-0.05, 0) is 104 Å². The molecule has 2 aromatic rings. The lowest BCUT2D eigenvalue weighted by Gasteiger charge is -2.47. The number of amides is 1. The first-order chi connectivity index (χ1) is 21.8.